The fourth-order valence-electron chi connectivity index (χ4n) is 3.36. The second kappa shape index (κ2) is 8.43. The molecule has 1 aliphatic heterocycles. The van der Waals surface area contributed by atoms with Gasteiger partial charge in [-0.3, -0.25) is 5.32 Å². The Morgan fingerprint density at radius 2 is 2.10 bits per heavy atom. The summed E-state index contributed by atoms with van der Waals surface area (Å²) in [5.74, 6) is 0.225. The van der Waals surface area contributed by atoms with Gasteiger partial charge in [0, 0.05) is 36.0 Å². The minimum atomic E-state index is -0.834. The van der Waals surface area contributed by atoms with Gasteiger partial charge in [-0.1, -0.05) is 6.07 Å². The molecule has 30 heavy (non-hydrogen) atoms. The molecule has 3 rings (SSSR count). The third kappa shape index (κ3) is 3.57. The van der Waals surface area contributed by atoms with Crippen LogP contribution in [0.5, 0.6) is 5.75 Å². The number of hydrogen-bond acceptors (Lipinski definition) is 11. The zero-order valence-corrected chi connectivity index (χ0v) is 16.2. The number of nitrogens with zero attached hydrogens (tertiary/aromatic N) is 5. The molecule has 11 nitrogen and oxygen atoms in total. The Morgan fingerprint density at radius 3 is 2.70 bits per heavy atom. The highest BCUT2D eigenvalue weighted by atomic mass is 16.3. The fourth-order valence-corrected chi connectivity index (χ4v) is 3.36. The first-order chi connectivity index (χ1) is 14.4. The Labute approximate surface area is 172 Å². The molecule has 1 aliphatic rings. The summed E-state index contributed by atoms with van der Waals surface area (Å²) in [7, 11) is 0. The summed E-state index contributed by atoms with van der Waals surface area (Å²) in [6, 6.07) is 6.13. The van der Waals surface area contributed by atoms with Crippen molar-refractivity contribution in [3.8, 4) is 18.0 Å². The summed E-state index contributed by atoms with van der Waals surface area (Å²) >= 11 is 0. The largest absolute Gasteiger partial charge is 0.507 e. The van der Waals surface area contributed by atoms with Gasteiger partial charge < -0.3 is 31.9 Å². The van der Waals surface area contributed by atoms with Crippen LogP contribution in [0.4, 0.5) is 23.0 Å². The zero-order valence-electron chi connectivity index (χ0n) is 16.2. The van der Waals surface area contributed by atoms with Gasteiger partial charge in [-0.15, -0.1) is 0 Å². The van der Waals surface area contributed by atoms with E-state index in [1.165, 1.54) is 0 Å². The molecular formula is C19H21N9O2. The number of aliphatic imine (C=N–C) groups is 1. The van der Waals surface area contributed by atoms with Gasteiger partial charge in [-0.25, -0.2) is 9.98 Å². The van der Waals surface area contributed by atoms with Crippen LogP contribution in [0, 0.1) is 22.8 Å². The van der Waals surface area contributed by atoms with Crippen LogP contribution in [0.2, 0.25) is 0 Å². The Balaban J connectivity index is 2.16. The predicted octanol–water partition coefficient (Wildman–Crippen LogP) is 0.583. The molecule has 1 aromatic carbocycles. The van der Waals surface area contributed by atoms with Crippen LogP contribution < -0.4 is 27.0 Å². The lowest BCUT2D eigenvalue weighted by atomic mass is 9.94. The summed E-state index contributed by atoms with van der Waals surface area (Å²) in [5, 5.41) is 43.6. The Morgan fingerprint density at radius 1 is 1.33 bits per heavy atom. The summed E-state index contributed by atoms with van der Waals surface area (Å²) < 4.78 is 0. The molecule has 8 N–H and O–H groups in total. The van der Waals surface area contributed by atoms with E-state index in [4.69, 9.17) is 16.7 Å². The molecule has 2 heterocycles. The first kappa shape index (κ1) is 20.5. The highest BCUT2D eigenvalue weighted by Gasteiger charge is 2.31. The van der Waals surface area contributed by atoms with Crippen LogP contribution >= 0.6 is 0 Å². The summed E-state index contributed by atoms with van der Waals surface area (Å²) in [5.41, 5.74) is 13.6. The molecule has 0 spiro atoms. The van der Waals surface area contributed by atoms with E-state index in [1.807, 2.05) is 17.9 Å². The molecule has 0 saturated heterocycles. The molecular weight excluding hydrogens is 386 g/mol. The van der Waals surface area contributed by atoms with Crippen molar-refractivity contribution in [1.82, 2.24) is 10.3 Å². The number of aliphatic hydroxyl groups is 1. The molecule has 2 aromatic rings. The number of nitriles is 2. The number of rotatable bonds is 5. The van der Waals surface area contributed by atoms with Crippen molar-refractivity contribution in [1.29, 1.82) is 10.5 Å². The normalized spacial score (nSPS) is 14.5. The molecule has 0 amide bonds. The van der Waals surface area contributed by atoms with Crippen molar-refractivity contribution in [2.24, 2.45) is 4.99 Å². The number of nitrogens with one attached hydrogen (secondary N) is 2. The van der Waals surface area contributed by atoms with Crippen molar-refractivity contribution in [2.45, 2.75) is 13.0 Å². The molecule has 0 aliphatic carbocycles. The average Bonchev–Trinajstić information content (AvgIpc) is 2.71. The minimum absolute atomic E-state index is 0.0173. The van der Waals surface area contributed by atoms with Gasteiger partial charge in [0.2, 0.25) is 5.96 Å². The van der Waals surface area contributed by atoms with Gasteiger partial charge in [0.15, 0.2) is 6.19 Å². The zero-order chi connectivity index (χ0) is 21.8. The van der Waals surface area contributed by atoms with Crippen LogP contribution in [0.3, 0.4) is 0 Å². The molecule has 154 valence electrons. The first-order valence-corrected chi connectivity index (χ1v) is 9.12. The van der Waals surface area contributed by atoms with Gasteiger partial charge in [0.05, 0.1) is 12.3 Å². The molecule has 1 aromatic heterocycles. The highest BCUT2D eigenvalue weighted by molar-refractivity contribution is 5.98. The first-order valence-electron chi connectivity index (χ1n) is 9.12. The van der Waals surface area contributed by atoms with Crippen LogP contribution in [-0.4, -0.2) is 40.9 Å². The number of benzene rings is 1. The summed E-state index contributed by atoms with van der Waals surface area (Å²) in [4.78, 5) is 10.5. The second-order valence-electron chi connectivity index (χ2n) is 6.45. The van der Waals surface area contributed by atoms with E-state index in [1.54, 1.807) is 24.4 Å². The van der Waals surface area contributed by atoms with Crippen molar-refractivity contribution >= 4 is 29.0 Å². The van der Waals surface area contributed by atoms with E-state index in [-0.39, 0.29) is 41.2 Å². The van der Waals surface area contributed by atoms with E-state index in [0.717, 1.165) is 5.69 Å². The lowest BCUT2D eigenvalue weighted by molar-refractivity contribution is 0.302. The van der Waals surface area contributed by atoms with Crippen LogP contribution in [0.1, 0.15) is 29.7 Å². The number of pyridine rings is 1. The maximum Gasteiger partial charge on any atom is 0.211 e. The lowest BCUT2D eigenvalue weighted by Crippen LogP contribution is -2.32. The predicted molar refractivity (Wildman–Crippen MR) is 113 cm³/mol. The highest BCUT2D eigenvalue weighted by Crippen LogP contribution is 2.43. The van der Waals surface area contributed by atoms with E-state index in [2.05, 4.69) is 20.6 Å². The van der Waals surface area contributed by atoms with Gasteiger partial charge in [-0.05, 0) is 13.0 Å². The fraction of sp³-hybridized carbons (Fsp3) is 0.263. The van der Waals surface area contributed by atoms with Gasteiger partial charge >= 0.3 is 0 Å². The van der Waals surface area contributed by atoms with Crippen LogP contribution in [0.15, 0.2) is 23.2 Å². The molecule has 11 heteroatoms. The number of likely N-dealkylation sites (N-methyl/N-ethyl adjacent to an activating group) is 1. The van der Waals surface area contributed by atoms with E-state index < -0.39 is 6.04 Å². The number of nitrogens with two attached hydrogens (primary N) is 2. The molecule has 0 fully saturated rings. The van der Waals surface area contributed by atoms with Crippen LogP contribution in [-0.2, 0) is 0 Å². The van der Waals surface area contributed by atoms with Crippen molar-refractivity contribution in [3.05, 3.63) is 34.9 Å². The summed E-state index contributed by atoms with van der Waals surface area (Å²) in [6.07, 6.45) is 1.77. The Kier molecular flexibility index (Phi) is 5.76. The monoisotopic (exact) mass is 407 g/mol. The number of hydrogen-bond donors (Lipinski definition) is 6. The minimum Gasteiger partial charge on any atom is -0.507 e. The number of guanidine groups is 1. The number of nitrogen functional groups attached to an aromatic ring is 2. The average molecular weight is 407 g/mol. The maximum atomic E-state index is 10.8. The quantitative estimate of drug-likeness (QED) is 0.301. The van der Waals surface area contributed by atoms with Crippen molar-refractivity contribution in [3.63, 3.8) is 0 Å². The van der Waals surface area contributed by atoms with Crippen molar-refractivity contribution in [2.75, 3.05) is 41.4 Å². The maximum absolute atomic E-state index is 10.8. The Bertz CT molecular complexity index is 1080. The number of aromatic hydroxyl groups is 1. The third-order valence-corrected chi connectivity index (χ3v) is 4.78. The molecule has 0 saturated carbocycles. The van der Waals surface area contributed by atoms with E-state index >= 15 is 0 Å². The summed E-state index contributed by atoms with van der Waals surface area (Å²) in [6.45, 7) is 2.98. The number of phenolic OH excluding ortho intramolecular Hbond substituents is 1. The Hall–Kier alpha value is -4.22. The topological polar surface area (TPSA) is 193 Å². The molecule has 0 bridgehead atoms. The van der Waals surface area contributed by atoms with Gasteiger partial charge in [0.1, 0.15) is 35.1 Å². The number of fused-ring (bicyclic) bond motifs is 1. The van der Waals surface area contributed by atoms with Crippen LogP contribution in [0.25, 0.3) is 0 Å². The number of phenols is 1. The molecule has 0 radical (unpaired) electrons. The van der Waals surface area contributed by atoms with Gasteiger partial charge in [0.25, 0.3) is 0 Å². The van der Waals surface area contributed by atoms with E-state index in [9.17, 15) is 15.5 Å². The number of anilines is 4. The molecule has 1 atom stereocenters. The lowest BCUT2D eigenvalue weighted by Gasteiger charge is -2.27. The number of aromatic nitrogens is 1. The standard InChI is InChI=1S/C19H21N9O2/c1-2-28(5-6-29)10-3-4-11(13(30)7-10)16-14-15(22)12(8-20)17(23)26-18(14)27-19(25-16)24-9-21/h3-4,7,16,29-30H,2,5-6H2,1H3,(H6,22,23,24,25,26,27). The molecule has 1 unspecified atom stereocenters. The third-order valence-electron chi connectivity index (χ3n) is 4.78. The second-order valence-corrected chi connectivity index (χ2v) is 6.45. The van der Waals surface area contributed by atoms with E-state index in [0.29, 0.717) is 24.2 Å². The number of aliphatic hydroxyl groups excluding tert-OH is 1. The van der Waals surface area contributed by atoms with Crippen molar-refractivity contribution < 1.29 is 10.2 Å². The SMILES string of the molecule is CCN(CCO)c1ccc(C2N=C(NC#N)Nc3nc(N)c(C#N)c(N)c32)c(O)c1. The smallest absolute Gasteiger partial charge is 0.211 e. The van der Waals surface area contributed by atoms with Gasteiger partial charge in [-0.2, -0.15) is 10.5 Å².